The zero-order valence-corrected chi connectivity index (χ0v) is 11.8. The van der Waals surface area contributed by atoms with Gasteiger partial charge in [0.2, 0.25) is 5.91 Å². The lowest BCUT2D eigenvalue weighted by Crippen LogP contribution is -2.26. The van der Waals surface area contributed by atoms with E-state index in [9.17, 15) is 14.0 Å². The van der Waals surface area contributed by atoms with Crippen LogP contribution in [-0.2, 0) is 14.3 Å². The first-order valence-electron chi connectivity index (χ1n) is 5.36. The highest BCUT2D eigenvalue weighted by molar-refractivity contribution is 14.1. The Kier molecular flexibility index (Phi) is 3.84. The van der Waals surface area contributed by atoms with Gasteiger partial charge in [0.1, 0.15) is 5.82 Å². The van der Waals surface area contributed by atoms with Gasteiger partial charge in [0.05, 0.1) is 18.7 Å². The SMILES string of the molecule is COC(=O)C1CC(=O)N(c2ccc(F)cc2I)C1. The number of amides is 1. The largest absolute Gasteiger partial charge is 0.469 e. The molecule has 6 heteroatoms. The Hall–Kier alpha value is -1.18. The quantitative estimate of drug-likeness (QED) is 0.596. The highest BCUT2D eigenvalue weighted by Gasteiger charge is 2.36. The second kappa shape index (κ2) is 5.21. The van der Waals surface area contributed by atoms with E-state index in [1.807, 2.05) is 22.6 Å². The lowest BCUT2D eigenvalue weighted by atomic mass is 10.1. The number of halogens is 2. The molecule has 96 valence electrons. The molecular weight excluding hydrogens is 352 g/mol. The number of hydrogen-bond donors (Lipinski definition) is 0. The third-order valence-corrected chi connectivity index (χ3v) is 3.72. The number of anilines is 1. The van der Waals surface area contributed by atoms with Crippen LogP contribution in [-0.4, -0.2) is 25.5 Å². The fourth-order valence-corrected chi connectivity index (χ4v) is 2.73. The molecule has 0 spiro atoms. The molecule has 1 aliphatic rings. The van der Waals surface area contributed by atoms with E-state index >= 15 is 0 Å². The van der Waals surface area contributed by atoms with Gasteiger partial charge < -0.3 is 9.64 Å². The molecular formula is C12H11FINO3. The van der Waals surface area contributed by atoms with Crippen LogP contribution in [0.15, 0.2) is 18.2 Å². The second-order valence-corrected chi connectivity index (χ2v) is 5.19. The number of rotatable bonds is 2. The fraction of sp³-hybridized carbons (Fsp3) is 0.333. The molecule has 4 nitrogen and oxygen atoms in total. The van der Waals surface area contributed by atoms with Crippen LogP contribution in [0.2, 0.25) is 0 Å². The maximum atomic E-state index is 13.0. The molecule has 0 aromatic heterocycles. The fourth-order valence-electron chi connectivity index (χ4n) is 1.97. The van der Waals surface area contributed by atoms with E-state index in [4.69, 9.17) is 0 Å². The predicted octanol–water partition coefficient (Wildman–Crippen LogP) is 1.96. The van der Waals surface area contributed by atoms with Gasteiger partial charge in [0.15, 0.2) is 0 Å². The summed E-state index contributed by atoms with van der Waals surface area (Å²) in [5, 5.41) is 0. The normalized spacial score (nSPS) is 19.2. The van der Waals surface area contributed by atoms with Crippen molar-refractivity contribution >= 4 is 40.2 Å². The number of ether oxygens (including phenoxy) is 1. The molecule has 1 unspecified atom stereocenters. The van der Waals surface area contributed by atoms with Gasteiger partial charge in [-0.05, 0) is 40.8 Å². The molecule has 0 aliphatic carbocycles. The topological polar surface area (TPSA) is 46.6 Å². The summed E-state index contributed by atoms with van der Waals surface area (Å²) in [6, 6.07) is 4.21. The Labute approximate surface area is 117 Å². The summed E-state index contributed by atoms with van der Waals surface area (Å²) in [4.78, 5) is 24.8. The molecule has 2 rings (SSSR count). The van der Waals surface area contributed by atoms with Crippen molar-refractivity contribution < 1.29 is 18.7 Å². The van der Waals surface area contributed by atoms with Gasteiger partial charge in [-0.15, -0.1) is 0 Å². The molecule has 0 saturated carbocycles. The van der Waals surface area contributed by atoms with E-state index in [0.29, 0.717) is 9.26 Å². The maximum Gasteiger partial charge on any atom is 0.311 e. The van der Waals surface area contributed by atoms with Crippen molar-refractivity contribution in [2.75, 3.05) is 18.6 Å². The van der Waals surface area contributed by atoms with Crippen molar-refractivity contribution in [1.82, 2.24) is 0 Å². The molecule has 1 aliphatic heterocycles. The number of methoxy groups -OCH3 is 1. The second-order valence-electron chi connectivity index (χ2n) is 4.02. The number of nitrogens with zero attached hydrogens (tertiary/aromatic N) is 1. The minimum absolute atomic E-state index is 0.139. The zero-order chi connectivity index (χ0) is 13.3. The Balaban J connectivity index is 2.24. The molecule has 1 aromatic rings. The minimum atomic E-state index is -0.441. The van der Waals surface area contributed by atoms with Gasteiger partial charge in [-0.2, -0.15) is 0 Å². The Morgan fingerprint density at radius 3 is 2.89 bits per heavy atom. The van der Waals surface area contributed by atoms with Crippen LogP contribution in [0, 0.1) is 15.3 Å². The first-order valence-corrected chi connectivity index (χ1v) is 6.44. The molecule has 1 atom stereocenters. The first-order chi connectivity index (χ1) is 8.52. The molecule has 0 radical (unpaired) electrons. The summed E-state index contributed by atoms with van der Waals surface area (Å²) in [6.07, 6.45) is 0.139. The van der Waals surface area contributed by atoms with E-state index in [1.54, 1.807) is 6.07 Å². The smallest absolute Gasteiger partial charge is 0.311 e. The van der Waals surface area contributed by atoms with Crippen molar-refractivity contribution in [2.45, 2.75) is 6.42 Å². The average molecular weight is 363 g/mol. The van der Waals surface area contributed by atoms with Crippen LogP contribution in [0.4, 0.5) is 10.1 Å². The van der Waals surface area contributed by atoms with E-state index in [1.165, 1.54) is 24.1 Å². The van der Waals surface area contributed by atoms with Crippen LogP contribution >= 0.6 is 22.6 Å². The third kappa shape index (κ3) is 2.47. The van der Waals surface area contributed by atoms with Crippen molar-refractivity contribution in [3.05, 3.63) is 27.6 Å². The maximum absolute atomic E-state index is 13.0. The summed E-state index contributed by atoms with van der Waals surface area (Å²) >= 11 is 1.97. The standard InChI is InChI=1S/C12H11FINO3/c1-18-12(17)7-4-11(16)15(6-7)10-3-2-8(13)5-9(10)14/h2-3,5,7H,4,6H2,1H3. The van der Waals surface area contributed by atoms with Gasteiger partial charge >= 0.3 is 5.97 Å². The number of hydrogen-bond acceptors (Lipinski definition) is 3. The van der Waals surface area contributed by atoms with E-state index in [2.05, 4.69) is 4.74 Å². The van der Waals surface area contributed by atoms with Crippen molar-refractivity contribution in [3.63, 3.8) is 0 Å². The van der Waals surface area contributed by atoms with Crippen LogP contribution < -0.4 is 4.90 Å². The molecule has 1 heterocycles. The molecule has 1 fully saturated rings. The first kappa shape index (κ1) is 13.3. The number of esters is 1. The summed E-state index contributed by atoms with van der Waals surface area (Å²) in [6.45, 7) is 0.285. The minimum Gasteiger partial charge on any atom is -0.469 e. The number of benzene rings is 1. The number of carbonyl (C=O) groups is 2. The molecule has 18 heavy (non-hydrogen) atoms. The van der Waals surface area contributed by atoms with Crippen molar-refractivity contribution in [2.24, 2.45) is 5.92 Å². The van der Waals surface area contributed by atoms with Crippen molar-refractivity contribution in [1.29, 1.82) is 0 Å². The Morgan fingerprint density at radius 2 is 2.28 bits per heavy atom. The van der Waals surface area contributed by atoms with Gasteiger partial charge in [-0.25, -0.2) is 4.39 Å². The molecule has 1 saturated heterocycles. The Bertz CT molecular complexity index is 506. The molecule has 0 N–H and O–H groups in total. The lowest BCUT2D eigenvalue weighted by molar-refractivity contribution is -0.145. The van der Waals surface area contributed by atoms with Gasteiger partial charge in [0, 0.05) is 16.5 Å². The summed E-state index contributed by atoms with van der Waals surface area (Å²) in [7, 11) is 1.30. The van der Waals surface area contributed by atoms with E-state index < -0.39 is 5.92 Å². The lowest BCUT2D eigenvalue weighted by Gasteiger charge is -2.18. The Morgan fingerprint density at radius 1 is 1.56 bits per heavy atom. The average Bonchev–Trinajstić information content (AvgIpc) is 2.70. The molecule has 1 aromatic carbocycles. The number of carbonyl (C=O) groups excluding carboxylic acids is 2. The highest BCUT2D eigenvalue weighted by Crippen LogP contribution is 2.30. The van der Waals surface area contributed by atoms with Gasteiger partial charge in [0.25, 0.3) is 0 Å². The van der Waals surface area contributed by atoms with Crippen LogP contribution in [0.5, 0.6) is 0 Å². The molecule has 1 amide bonds. The third-order valence-electron chi connectivity index (χ3n) is 2.86. The predicted molar refractivity (Wildman–Crippen MR) is 71.6 cm³/mol. The van der Waals surface area contributed by atoms with Crippen LogP contribution in [0.25, 0.3) is 0 Å². The van der Waals surface area contributed by atoms with E-state index in [-0.39, 0.29) is 30.7 Å². The zero-order valence-electron chi connectivity index (χ0n) is 9.65. The van der Waals surface area contributed by atoms with Crippen LogP contribution in [0.3, 0.4) is 0 Å². The summed E-state index contributed by atoms with van der Waals surface area (Å²) < 4.78 is 18.3. The summed E-state index contributed by atoms with van der Waals surface area (Å²) in [5.41, 5.74) is 0.633. The highest BCUT2D eigenvalue weighted by atomic mass is 127. The van der Waals surface area contributed by atoms with Crippen LogP contribution in [0.1, 0.15) is 6.42 Å². The molecule has 0 bridgehead atoms. The van der Waals surface area contributed by atoms with Gasteiger partial charge in [-0.3, -0.25) is 9.59 Å². The summed E-state index contributed by atoms with van der Waals surface area (Å²) in [5.74, 6) is -1.32. The van der Waals surface area contributed by atoms with Gasteiger partial charge in [-0.1, -0.05) is 0 Å². The van der Waals surface area contributed by atoms with Crippen molar-refractivity contribution in [3.8, 4) is 0 Å². The monoisotopic (exact) mass is 363 g/mol. The van der Waals surface area contributed by atoms with E-state index in [0.717, 1.165) is 0 Å².